The van der Waals surface area contributed by atoms with Crippen molar-refractivity contribution >= 4 is 0 Å². The van der Waals surface area contributed by atoms with Gasteiger partial charge in [0.1, 0.15) is 0 Å². The largest absolute Gasteiger partial charge is 0.198 e. The third-order valence-electron chi connectivity index (χ3n) is 2.32. The second-order valence-electron chi connectivity index (χ2n) is 3.61. The first-order valence-corrected chi connectivity index (χ1v) is 4.53. The normalized spacial score (nSPS) is 16.0. The molecule has 0 amide bonds. The average Bonchev–Trinajstić information content (AvgIpc) is 1.98. The highest BCUT2D eigenvalue weighted by molar-refractivity contribution is 4.85. The Kier molecular flexibility index (Phi) is 4.94. The van der Waals surface area contributed by atoms with Crippen LogP contribution in [0, 0.1) is 29.1 Å². The van der Waals surface area contributed by atoms with Gasteiger partial charge in [0.05, 0.1) is 6.07 Å². The highest BCUT2D eigenvalue weighted by atomic mass is 14.3. The molecule has 0 spiro atoms. The van der Waals surface area contributed by atoms with Crippen molar-refractivity contribution in [1.82, 2.24) is 0 Å². The van der Waals surface area contributed by atoms with Crippen molar-refractivity contribution in [2.24, 2.45) is 17.8 Å². The lowest BCUT2D eigenvalue weighted by Gasteiger charge is -2.21. The molecule has 0 aromatic carbocycles. The lowest BCUT2D eigenvalue weighted by molar-refractivity contribution is 0.295. The zero-order valence-electron chi connectivity index (χ0n) is 8.09. The van der Waals surface area contributed by atoms with Crippen LogP contribution in [0.4, 0.5) is 0 Å². The Morgan fingerprint density at radius 3 is 2.09 bits per heavy atom. The molecule has 0 heterocycles. The minimum atomic E-state index is 0.218. The quantitative estimate of drug-likeness (QED) is 0.608. The van der Waals surface area contributed by atoms with E-state index in [-0.39, 0.29) is 5.92 Å². The lowest BCUT2D eigenvalue weighted by Crippen LogP contribution is -2.16. The number of hydrogen-bond acceptors (Lipinski definition) is 1. The number of rotatable bonds is 4. The molecular weight excluding hydrogens is 134 g/mol. The third kappa shape index (κ3) is 3.41. The summed E-state index contributed by atoms with van der Waals surface area (Å²) in [4.78, 5) is 0. The van der Waals surface area contributed by atoms with Crippen LogP contribution in [0.2, 0.25) is 0 Å². The Morgan fingerprint density at radius 2 is 1.82 bits per heavy atom. The predicted octanol–water partition coefficient (Wildman–Crippen LogP) is 3.22. The SMILES string of the molecule is CCCC(C(C)C)C(C)C#N. The fourth-order valence-electron chi connectivity index (χ4n) is 1.59. The van der Waals surface area contributed by atoms with Gasteiger partial charge >= 0.3 is 0 Å². The second-order valence-corrected chi connectivity index (χ2v) is 3.61. The summed E-state index contributed by atoms with van der Waals surface area (Å²) in [5.74, 6) is 1.45. The van der Waals surface area contributed by atoms with Crippen molar-refractivity contribution in [2.45, 2.75) is 40.5 Å². The van der Waals surface area contributed by atoms with Crippen molar-refractivity contribution in [3.8, 4) is 6.07 Å². The van der Waals surface area contributed by atoms with E-state index in [1.165, 1.54) is 12.8 Å². The number of nitrogens with zero attached hydrogens (tertiary/aromatic N) is 1. The summed E-state index contributed by atoms with van der Waals surface area (Å²) >= 11 is 0. The molecule has 0 fully saturated rings. The van der Waals surface area contributed by atoms with Crippen LogP contribution >= 0.6 is 0 Å². The zero-order chi connectivity index (χ0) is 8.85. The Labute approximate surface area is 70.4 Å². The Morgan fingerprint density at radius 1 is 1.27 bits per heavy atom. The molecule has 64 valence electrons. The van der Waals surface area contributed by atoms with Crippen LogP contribution in [-0.2, 0) is 0 Å². The molecule has 0 aliphatic heterocycles. The van der Waals surface area contributed by atoms with E-state index in [1.807, 2.05) is 6.92 Å². The van der Waals surface area contributed by atoms with Crippen LogP contribution < -0.4 is 0 Å². The average molecular weight is 153 g/mol. The van der Waals surface area contributed by atoms with E-state index in [4.69, 9.17) is 5.26 Å². The van der Waals surface area contributed by atoms with E-state index in [2.05, 4.69) is 26.8 Å². The predicted molar refractivity (Wildman–Crippen MR) is 48.0 cm³/mol. The number of nitriles is 1. The van der Waals surface area contributed by atoms with Gasteiger partial charge in [-0.15, -0.1) is 0 Å². The first kappa shape index (κ1) is 10.5. The zero-order valence-corrected chi connectivity index (χ0v) is 8.09. The molecule has 2 unspecified atom stereocenters. The van der Waals surface area contributed by atoms with E-state index in [0.29, 0.717) is 11.8 Å². The molecule has 0 aromatic rings. The maximum absolute atomic E-state index is 8.73. The first-order valence-electron chi connectivity index (χ1n) is 4.53. The summed E-state index contributed by atoms with van der Waals surface area (Å²) in [5, 5.41) is 8.73. The van der Waals surface area contributed by atoms with Gasteiger partial charge in [-0.1, -0.05) is 27.2 Å². The molecule has 0 radical (unpaired) electrons. The Bertz CT molecular complexity index is 132. The van der Waals surface area contributed by atoms with Gasteiger partial charge < -0.3 is 0 Å². The molecule has 0 aliphatic carbocycles. The van der Waals surface area contributed by atoms with E-state index < -0.39 is 0 Å². The first-order chi connectivity index (χ1) is 5.13. The molecule has 11 heavy (non-hydrogen) atoms. The van der Waals surface area contributed by atoms with Gasteiger partial charge in [-0.3, -0.25) is 0 Å². The van der Waals surface area contributed by atoms with Crippen LogP contribution in [0.15, 0.2) is 0 Å². The molecule has 1 nitrogen and oxygen atoms in total. The Balaban J connectivity index is 4.00. The van der Waals surface area contributed by atoms with Gasteiger partial charge in [-0.05, 0) is 25.2 Å². The van der Waals surface area contributed by atoms with Crippen LogP contribution in [0.25, 0.3) is 0 Å². The van der Waals surface area contributed by atoms with Crippen molar-refractivity contribution < 1.29 is 0 Å². The molecule has 0 saturated carbocycles. The molecule has 0 aliphatic rings. The highest BCUT2D eigenvalue weighted by Crippen LogP contribution is 2.24. The Hall–Kier alpha value is -0.510. The van der Waals surface area contributed by atoms with Gasteiger partial charge in [0.2, 0.25) is 0 Å². The lowest BCUT2D eigenvalue weighted by atomic mass is 9.82. The molecule has 0 N–H and O–H groups in total. The summed E-state index contributed by atoms with van der Waals surface area (Å²) in [5.41, 5.74) is 0. The summed E-state index contributed by atoms with van der Waals surface area (Å²) in [6.45, 7) is 8.61. The van der Waals surface area contributed by atoms with Crippen molar-refractivity contribution in [3.05, 3.63) is 0 Å². The molecule has 0 rings (SSSR count). The van der Waals surface area contributed by atoms with Crippen LogP contribution in [-0.4, -0.2) is 0 Å². The van der Waals surface area contributed by atoms with Crippen LogP contribution in [0.3, 0.4) is 0 Å². The smallest absolute Gasteiger partial charge is 0.0655 e. The van der Waals surface area contributed by atoms with Crippen molar-refractivity contribution in [2.75, 3.05) is 0 Å². The summed E-state index contributed by atoms with van der Waals surface area (Å²) < 4.78 is 0. The topological polar surface area (TPSA) is 23.8 Å². The summed E-state index contributed by atoms with van der Waals surface area (Å²) in [7, 11) is 0. The van der Waals surface area contributed by atoms with E-state index >= 15 is 0 Å². The fourth-order valence-corrected chi connectivity index (χ4v) is 1.59. The van der Waals surface area contributed by atoms with Crippen molar-refractivity contribution in [3.63, 3.8) is 0 Å². The molecule has 0 aromatic heterocycles. The minimum Gasteiger partial charge on any atom is -0.198 e. The summed E-state index contributed by atoms with van der Waals surface area (Å²) in [6, 6.07) is 2.33. The molecule has 0 bridgehead atoms. The molecule has 2 atom stereocenters. The minimum absolute atomic E-state index is 0.218. The van der Waals surface area contributed by atoms with Gasteiger partial charge in [0.25, 0.3) is 0 Å². The van der Waals surface area contributed by atoms with E-state index in [1.54, 1.807) is 0 Å². The second kappa shape index (κ2) is 5.18. The standard InChI is InChI=1S/C10H19N/c1-5-6-10(8(2)3)9(4)7-11/h8-10H,5-6H2,1-4H3. The molecule has 1 heteroatoms. The van der Waals surface area contributed by atoms with Gasteiger partial charge in [-0.25, -0.2) is 0 Å². The van der Waals surface area contributed by atoms with Crippen LogP contribution in [0.1, 0.15) is 40.5 Å². The maximum atomic E-state index is 8.73. The van der Waals surface area contributed by atoms with Crippen molar-refractivity contribution in [1.29, 1.82) is 5.26 Å². The number of hydrogen-bond donors (Lipinski definition) is 0. The maximum Gasteiger partial charge on any atom is 0.0655 e. The molecule has 0 saturated heterocycles. The highest BCUT2D eigenvalue weighted by Gasteiger charge is 2.18. The van der Waals surface area contributed by atoms with Gasteiger partial charge in [0, 0.05) is 5.92 Å². The monoisotopic (exact) mass is 153 g/mol. The van der Waals surface area contributed by atoms with Gasteiger partial charge in [-0.2, -0.15) is 5.26 Å². The van der Waals surface area contributed by atoms with E-state index in [9.17, 15) is 0 Å². The van der Waals surface area contributed by atoms with Gasteiger partial charge in [0.15, 0.2) is 0 Å². The summed E-state index contributed by atoms with van der Waals surface area (Å²) in [6.07, 6.45) is 2.38. The van der Waals surface area contributed by atoms with E-state index in [0.717, 1.165) is 0 Å². The fraction of sp³-hybridized carbons (Fsp3) is 0.900. The third-order valence-corrected chi connectivity index (χ3v) is 2.32. The molecular formula is C10H19N. The van der Waals surface area contributed by atoms with Crippen LogP contribution in [0.5, 0.6) is 0 Å².